The van der Waals surface area contributed by atoms with Crippen molar-refractivity contribution in [2.45, 2.75) is 44.6 Å². The number of rotatable bonds is 5. The molecule has 1 unspecified atom stereocenters. The molecule has 1 aliphatic heterocycles. The molecule has 1 heterocycles. The summed E-state index contributed by atoms with van der Waals surface area (Å²) < 4.78 is 0. The van der Waals surface area contributed by atoms with Gasteiger partial charge in [0, 0.05) is 6.04 Å². The highest BCUT2D eigenvalue weighted by Gasteiger charge is 2.19. The topological polar surface area (TPSA) is 49.5 Å². The van der Waals surface area contributed by atoms with E-state index in [4.69, 9.17) is 18.0 Å². The van der Waals surface area contributed by atoms with Gasteiger partial charge in [-0.3, -0.25) is 4.90 Å². The molecule has 0 aromatic heterocycles. The van der Waals surface area contributed by atoms with Gasteiger partial charge < -0.3 is 10.8 Å². The van der Waals surface area contributed by atoms with Gasteiger partial charge in [-0.2, -0.15) is 0 Å². The summed E-state index contributed by atoms with van der Waals surface area (Å²) in [7, 11) is 0. The SMILES string of the molecule is NC(=S)CCCN1CCCCCC1CO. The third-order valence-electron chi connectivity index (χ3n) is 3.08. The average Bonchev–Trinajstić information content (AvgIpc) is 2.42. The molecule has 0 bridgehead atoms. The molecule has 1 rings (SSSR count). The summed E-state index contributed by atoms with van der Waals surface area (Å²) in [5.41, 5.74) is 5.47. The molecule has 15 heavy (non-hydrogen) atoms. The predicted molar refractivity (Wildman–Crippen MR) is 66.9 cm³/mol. The zero-order valence-electron chi connectivity index (χ0n) is 9.32. The fourth-order valence-electron chi connectivity index (χ4n) is 2.19. The molecule has 3 N–H and O–H groups in total. The molecule has 88 valence electrons. The first-order valence-electron chi connectivity index (χ1n) is 5.87. The van der Waals surface area contributed by atoms with Crippen LogP contribution < -0.4 is 5.73 Å². The van der Waals surface area contributed by atoms with Crippen LogP contribution in [-0.2, 0) is 0 Å². The first-order valence-corrected chi connectivity index (χ1v) is 6.28. The van der Waals surface area contributed by atoms with Crippen LogP contribution in [0.25, 0.3) is 0 Å². The van der Waals surface area contributed by atoms with Crippen molar-refractivity contribution in [2.24, 2.45) is 5.73 Å². The number of likely N-dealkylation sites (tertiary alicyclic amines) is 1. The average molecular weight is 230 g/mol. The van der Waals surface area contributed by atoms with E-state index in [-0.39, 0.29) is 6.61 Å². The van der Waals surface area contributed by atoms with Gasteiger partial charge in [0.1, 0.15) is 0 Å². The van der Waals surface area contributed by atoms with Crippen LogP contribution in [0.5, 0.6) is 0 Å². The van der Waals surface area contributed by atoms with Crippen molar-refractivity contribution in [3.63, 3.8) is 0 Å². The fraction of sp³-hybridized carbons (Fsp3) is 0.909. The Morgan fingerprint density at radius 1 is 1.40 bits per heavy atom. The number of hydrogen-bond acceptors (Lipinski definition) is 3. The van der Waals surface area contributed by atoms with Gasteiger partial charge in [-0.1, -0.05) is 25.1 Å². The van der Waals surface area contributed by atoms with Gasteiger partial charge in [0.05, 0.1) is 11.6 Å². The maximum atomic E-state index is 9.30. The van der Waals surface area contributed by atoms with E-state index in [0.717, 1.165) is 32.4 Å². The van der Waals surface area contributed by atoms with Gasteiger partial charge in [-0.25, -0.2) is 0 Å². The molecule has 1 atom stereocenters. The Morgan fingerprint density at radius 2 is 2.20 bits per heavy atom. The normalized spacial score (nSPS) is 23.7. The van der Waals surface area contributed by atoms with Gasteiger partial charge in [-0.15, -0.1) is 0 Å². The van der Waals surface area contributed by atoms with E-state index in [2.05, 4.69) is 4.90 Å². The number of thiocarbonyl (C=S) groups is 1. The molecule has 0 saturated carbocycles. The van der Waals surface area contributed by atoms with Crippen molar-refractivity contribution in [1.82, 2.24) is 4.90 Å². The van der Waals surface area contributed by atoms with Crippen molar-refractivity contribution < 1.29 is 5.11 Å². The monoisotopic (exact) mass is 230 g/mol. The minimum Gasteiger partial charge on any atom is -0.395 e. The Hall–Kier alpha value is -0.190. The van der Waals surface area contributed by atoms with Crippen LogP contribution in [0.4, 0.5) is 0 Å². The molecule has 1 fully saturated rings. The summed E-state index contributed by atoms with van der Waals surface area (Å²) in [5.74, 6) is 0. The predicted octanol–water partition coefficient (Wildman–Crippen LogP) is 1.29. The van der Waals surface area contributed by atoms with Crippen molar-refractivity contribution in [1.29, 1.82) is 0 Å². The molecule has 0 spiro atoms. The first kappa shape index (κ1) is 12.9. The Labute approximate surface area is 97.6 Å². The third kappa shape index (κ3) is 4.91. The number of nitrogens with two attached hydrogens (primary N) is 1. The third-order valence-corrected chi connectivity index (χ3v) is 3.28. The lowest BCUT2D eigenvalue weighted by atomic mass is 10.1. The minimum absolute atomic E-state index is 0.285. The van der Waals surface area contributed by atoms with Crippen LogP contribution in [0.1, 0.15) is 38.5 Å². The Kier molecular flexibility index (Phi) is 6.13. The maximum Gasteiger partial charge on any atom is 0.0727 e. The second kappa shape index (κ2) is 7.14. The number of nitrogens with zero attached hydrogens (tertiary/aromatic N) is 1. The van der Waals surface area contributed by atoms with Crippen molar-refractivity contribution in [3.05, 3.63) is 0 Å². The van der Waals surface area contributed by atoms with E-state index >= 15 is 0 Å². The standard InChI is InChI=1S/C11H22N2OS/c12-11(15)6-4-8-13-7-3-1-2-5-10(13)9-14/h10,14H,1-9H2,(H2,12,15). The molecule has 0 aromatic rings. The van der Waals surface area contributed by atoms with Crippen molar-refractivity contribution in [2.75, 3.05) is 19.7 Å². The van der Waals surface area contributed by atoms with Crippen molar-refractivity contribution >= 4 is 17.2 Å². The highest BCUT2D eigenvalue weighted by atomic mass is 32.1. The van der Waals surface area contributed by atoms with Crippen LogP contribution >= 0.6 is 12.2 Å². The molecule has 3 nitrogen and oxygen atoms in total. The fourth-order valence-corrected chi connectivity index (χ4v) is 2.34. The molecule has 0 amide bonds. The Balaban J connectivity index is 2.31. The molecule has 0 aliphatic carbocycles. The number of aliphatic hydroxyl groups excluding tert-OH is 1. The smallest absolute Gasteiger partial charge is 0.0727 e. The zero-order valence-corrected chi connectivity index (χ0v) is 10.1. The van der Waals surface area contributed by atoms with E-state index < -0.39 is 0 Å². The molecule has 4 heteroatoms. The summed E-state index contributed by atoms with van der Waals surface area (Å²) in [6, 6.07) is 0.360. The highest BCUT2D eigenvalue weighted by Crippen LogP contribution is 2.16. The molecular formula is C11H22N2OS. The molecule has 0 aromatic carbocycles. The van der Waals surface area contributed by atoms with Crippen LogP contribution in [0, 0.1) is 0 Å². The second-order valence-corrected chi connectivity index (χ2v) is 4.82. The van der Waals surface area contributed by atoms with E-state index in [0.29, 0.717) is 11.0 Å². The Morgan fingerprint density at radius 3 is 2.87 bits per heavy atom. The lowest BCUT2D eigenvalue weighted by molar-refractivity contribution is 0.124. The molecule has 1 saturated heterocycles. The lowest BCUT2D eigenvalue weighted by Crippen LogP contribution is -2.38. The molecular weight excluding hydrogens is 208 g/mol. The summed E-state index contributed by atoms with van der Waals surface area (Å²) in [6.45, 7) is 2.41. The first-order chi connectivity index (χ1) is 7.24. The van der Waals surface area contributed by atoms with Crippen LogP contribution in [0.2, 0.25) is 0 Å². The van der Waals surface area contributed by atoms with Gasteiger partial charge in [0.2, 0.25) is 0 Å². The van der Waals surface area contributed by atoms with E-state index in [1.165, 1.54) is 19.3 Å². The van der Waals surface area contributed by atoms with Gasteiger partial charge >= 0.3 is 0 Å². The number of aliphatic hydroxyl groups is 1. The maximum absolute atomic E-state index is 9.30. The van der Waals surface area contributed by atoms with E-state index in [9.17, 15) is 5.11 Å². The molecule has 0 radical (unpaired) electrons. The van der Waals surface area contributed by atoms with Crippen LogP contribution in [0.3, 0.4) is 0 Å². The lowest BCUT2D eigenvalue weighted by Gasteiger charge is -2.28. The van der Waals surface area contributed by atoms with Gasteiger partial charge in [-0.05, 0) is 38.8 Å². The van der Waals surface area contributed by atoms with Crippen molar-refractivity contribution in [3.8, 4) is 0 Å². The zero-order chi connectivity index (χ0) is 11.1. The van der Waals surface area contributed by atoms with Gasteiger partial charge in [0.25, 0.3) is 0 Å². The quantitative estimate of drug-likeness (QED) is 0.699. The summed E-state index contributed by atoms with van der Waals surface area (Å²) in [5, 5.41) is 9.30. The summed E-state index contributed by atoms with van der Waals surface area (Å²) in [4.78, 5) is 3.00. The van der Waals surface area contributed by atoms with E-state index in [1.807, 2.05) is 0 Å². The van der Waals surface area contributed by atoms with Crippen LogP contribution in [-0.4, -0.2) is 40.7 Å². The largest absolute Gasteiger partial charge is 0.395 e. The highest BCUT2D eigenvalue weighted by molar-refractivity contribution is 7.80. The Bertz CT molecular complexity index is 199. The summed E-state index contributed by atoms with van der Waals surface area (Å²) in [6.07, 6.45) is 6.77. The number of hydrogen-bond donors (Lipinski definition) is 2. The minimum atomic E-state index is 0.285. The van der Waals surface area contributed by atoms with E-state index in [1.54, 1.807) is 0 Å². The second-order valence-electron chi connectivity index (χ2n) is 4.29. The summed E-state index contributed by atoms with van der Waals surface area (Å²) >= 11 is 4.86. The van der Waals surface area contributed by atoms with Crippen LogP contribution in [0.15, 0.2) is 0 Å². The molecule has 1 aliphatic rings. The van der Waals surface area contributed by atoms with Gasteiger partial charge in [0.15, 0.2) is 0 Å².